The van der Waals surface area contributed by atoms with E-state index in [4.69, 9.17) is 5.73 Å². The summed E-state index contributed by atoms with van der Waals surface area (Å²) in [5.41, 5.74) is 5.26. The molecular weight excluding hydrogens is 310 g/mol. The van der Waals surface area contributed by atoms with E-state index in [9.17, 15) is 9.59 Å². The Labute approximate surface area is 142 Å². The van der Waals surface area contributed by atoms with Crippen molar-refractivity contribution in [2.24, 2.45) is 11.7 Å². The minimum atomic E-state index is -0.588. The molecule has 0 radical (unpaired) electrons. The SMILES string of the molecule is CCCC1CCCN(C(=O)CC(NC(N)=O)c2cccs2)CC1. The van der Waals surface area contributed by atoms with Crippen LogP contribution in [0.3, 0.4) is 0 Å². The van der Waals surface area contributed by atoms with E-state index >= 15 is 0 Å². The number of urea groups is 1. The first kappa shape index (κ1) is 17.8. The predicted octanol–water partition coefficient (Wildman–Crippen LogP) is 3.28. The molecule has 0 aromatic carbocycles. The average molecular weight is 337 g/mol. The maximum absolute atomic E-state index is 12.6. The number of thiophene rings is 1. The molecule has 2 unspecified atom stereocenters. The number of carbonyl (C=O) groups excluding carboxylic acids is 2. The van der Waals surface area contributed by atoms with Crippen molar-refractivity contribution in [1.29, 1.82) is 0 Å². The third-order valence-corrected chi connectivity index (χ3v) is 5.47. The van der Waals surface area contributed by atoms with Gasteiger partial charge in [0.05, 0.1) is 12.5 Å². The summed E-state index contributed by atoms with van der Waals surface area (Å²) < 4.78 is 0. The van der Waals surface area contributed by atoms with Gasteiger partial charge in [-0.05, 0) is 36.6 Å². The summed E-state index contributed by atoms with van der Waals surface area (Å²) in [5, 5.41) is 4.64. The molecule has 1 aromatic heterocycles. The van der Waals surface area contributed by atoms with E-state index in [-0.39, 0.29) is 18.4 Å². The maximum Gasteiger partial charge on any atom is 0.312 e. The van der Waals surface area contributed by atoms with Crippen LogP contribution in [-0.2, 0) is 4.79 Å². The van der Waals surface area contributed by atoms with Crippen LogP contribution in [0.1, 0.15) is 56.4 Å². The average Bonchev–Trinajstić information content (AvgIpc) is 2.93. The molecule has 1 aliphatic heterocycles. The molecule has 1 fully saturated rings. The standard InChI is InChI=1S/C17H27N3O2S/c1-2-5-13-6-3-9-20(10-8-13)16(21)12-14(19-17(18)22)15-7-4-11-23-15/h4,7,11,13-14H,2-3,5-6,8-10,12H2,1H3,(H3,18,19,22). The molecule has 1 aliphatic rings. The summed E-state index contributed by atoms with van der Waals surface area (Å²) in [6.07, 6.45) is 6.12. The molecule has 0 aliphatic carbocycles. The highest BCUT2D eigenvalue weighted by molar-refractivity contribution is 7.10. The molecule has 1 aromatic rings. The summed E-state index contributed by atoms with van der Waals surface area (Å²) in [6, 6.07) is 2.93. The summed E-state index contributed by atoms with van der Waals surface area (Å²) in [5.74, 6) is 0.851. The number of hydrogen-bond donors (Lipinski definition) is 2. The van der Waals surface area contributed by atoms with Gasteiger partial charge in [-0.1, -0.05) is 25.8 Å². The van der Waals surface area contributed by atoms with E-state index in [0.29, 0.717) is 0 Å². The Balaban J connectivity index is 1.94. The van der Waals surface area contributed by atoms with Crippen molar-refractivity contribution in [2.45, 2.75) is 51.5 Å². The lowest BCUT2D eigenvalue weighted by molar-refractivity contribution is -0.131. The highest BCUT2D eigenvalue weighted by atomic mass is 32.1. The van der Waals surface area contributed by atoms with Crippen LogP contribution in [0.15, 0.2) is 17.5 Å². The van der Waals surface area contributed by atoms with Gasteiger partial charge in [-0.2, -0.15) is 0 Å². The van der Waals surface area contributed by atoms with Crippen LogP contribution in [0, 0.1) is 5.92 Å². The smallest absolute Gasteiger partial charge is 0.312 e. The zero-order chi connectivity index (χ0) is 16.7. The lowest BCUT2D eigenvalue weighted by Crippen LogP contribution is -2.38. The van der Waals surface area contributed by atoms with Gasteiger partial charge in [0.1, 0.15) is 0 Å². The van der Waals surface area contributed by atoms with E-state index < -0.39 is 6.03 Å². The number of nitrogens with two attached hydrogens (primary N) is 1. The van der Waals surface area contributed by atoms with Gasteiger partial charge in [-0.3, -0.25) is 4.79 Å². The molecule has 1 saturated heterocycles. The predicted molar refractivity (Wildman–Crippen MR) is 93.2 cm³/mol. The molecule has 5 nitrogen and oxygen atoms in total. The van der Waals surface area contributed by atoms with Crippen molar-refractivity contribution < 1.29 is 9.59 Å². The second kappa shape index (κ2) is 8.91. The van der Waals surface area contributed by atoms with Crippen LogP contribution < -0.4 is 11.1 Å². The van der Waals surface area contributed by atoms with Gasteiger partial charge in [0.15, 0.2) is 0 Å². The van der Waals surface area contributed by atoms with Gasteiger partial charge in [0.25, 0.3) is 0 Å². The number of likely N-dealkylation sites (tertiary alicyclic amines) is 1. The van der Waals surface area contributed by atoms with Crippen molar-refractivity contribution in [3.63, 3.8) is 0 Å². The topological polar surface area (TPSA) is 75.4 Å². The van der Waals surface area contributed by atoms with Gasteiger partial charge in [0, 0.05) is 18.0 Å². The monoisotopic (exact) mass is 337 g/mol. The highest BCUT2D eigenvalue weighted by Crippen LogP contribution is 2.25. The number of hydrogen-bond acceptors (Lipinski definition) is 3. The number of primary amides is 1. The van der Waals surface area contributed by atoms with E-state index in [1.807, 2.05) is 22.4 Å². The molecule has 3 amide bonds. The minimum absolute atomic E-state index is 0.106. The Hall–Kier alpha value is -1.56. The molecule has 128 valence electrons. The molecule has 0 saturated carbocycles. The van der Waals surface area contributed by atoms with Crippen molar-refractivity contribution in [3.05, 3.63) is 22.4 Å². The first-order valence-corrected chi connectivity index (χ1v) is 9.35. The van der Waals surface area contributed by atoms with Crippen LogP contribution in [0.5, 0.6) is 0 Å². The van der Waals surface area contributed by atoms with Crippen molar-refractivity contribution in [2.75, 3.05) is 13.1 Å². The number of rotatable bonds is 6. The van der Waals surface area contributed by atoms with Crippen molar-refractivity contribution in [3.8, 4) is 0 Å². The van der Waals surface area contributed by atoms with E-state index in [0.717, 1.165) is 36.7 Å². The zero-order valence-corrected chi connectivity index (χ0v) is 14.6. The van der Waals surface area contributed by atoms with E-state index in [1.54, 1.807) is 0 Å². The first-order chi connectivity index (χ1) is 11.1. The van der Waals surface area contributed by atoms with Gasteiger partial charge in [-0.15, -0.1) is 11.3 Å². The van der Waals surface area contributed by atoms with Gasteiger partial charge in [0.2, 0.25) is 5.91 Å². The number of nitrogens with one attached hydrogen (secondary N) is 1. The largest absolute Gasteiger partial charge is 0.352 e. The molecule has 23 heavy (non-hydrogen) atoms. The lowest BCUT2D eigenvalue weighted by Gasteiger charge is -2.24. The van der Waals surface area contributed by atoms with E-state index in [2.05, 4.69) is 12.2 Å². The fraction of sp³-hybridized carbons (Fsp3) is 0.647. The molecule has 0 bridgehead atoms. The summed E-state index contributed by atoms with van der Waals surface area (Å²) in [4.78, 5) is 26.8. The molecular formula is C17H27N3O2S. The Morgan fingerprint density at radius 2 is 2.26 bits per heavy atom. The summed E-state index contributed by atoms with van der Waals surface area (Å²) in [6.45, 7) is 3.87. The van der Waals surface area contributed by atoms with Gasteiger partial charge < -0.3 is 16.0 Å². The Bertz CT molecular complexity index is 504. The molecule has 2 heterocycles. The fourth-order valence-electron chi connectivity index (χ4n) is 3.30. The number of amides is 3. The number of nitrogens with zero attached hydrogens (tertiary/aromatic N) is 1. The second-order valence-corrected chi connectivity index (χ2v) is 7.23. The van der Waals surface area contributed by atoms with Crippen LogP contribution in [0.25, 0.3) is 0 Å². The highest BCUT2D eigenvalue weighted by Gasteiger charge is 2.24. The summed E-state index contributed by atoms with van der Waals surface area (Å²) >= 11 is 1.53. The third-order valence-electron chi connectivity index (χ3n) is 4.48. The molecule has 3 N–H and O–H groups in total. The summed E-state index contributed by atoms with van der Waals surface area (Å²) in [7, 11) is 0. The van der Waals surface area contributed by atoms with Crippen molar-refractivity contribution >= 4 is 23.3 Å². The quantitative estimate of drug-likeness (QED) is 0.836. The van der Waals surface area contributed by atoms with Crippen LogP contribution in [-0.4, -0.2) is 29.9 Å². The maximum atomic E-state index is 12.6. The Morgan fingerprint density at radius 1 is 1.43 bits per heavy atom. The lowest BCUT2D eigenvalue weighted by atomic mass is 9.96. The Morgan fingerprint density at radius 3 is 2.91 bits per heavy atom. The zero-order valence-electron chi connectivity index (χ0n) is 13.8. The minimum Gasteiger partial charge on any atom is -0.352 e. The van der Waals surface area contributed by atoms with E-state index in [1.165, 1.54) is 30.6 Å². The molecule has 2 rings (SSSR count). The van der Waals surface area contributed by atoms with Gasteiger partial charge in [-0.25, -0.2) is 4.79 Å². The fourth-order valence-corrected chi connectivity index (χ4v) is 4.08. The number of carbonyl (C=O) groups is 2. The Kier molecular flexibility index (Phi) is 6.89. The molecule has 0 spiro atoms. The normalized spacial score (nSPS) is 19.9. The second-order valence-electron chi connectivity index (χ2n) is 6.25. The third kappa shape index (κ3) is 5.53. The van der Waals surface area contributed by atoms with Crippen LogP contribution >= 0.6 is 11.3 Å². The van der Waals surface area contributed by atoms with Crippen LogP contribution in [0.4, 0.5) is 4.79 Å². The van der Waals surface area contributed by atoms with Crippen molar-refractivity contribution in [1.82, 2.24) is 10.2 Å². The van der Waals surface area contributed by atoms with Crippen LogP contribution in [0.2, 0.25) is 0 Å². The molecule has 2 atom stereocenters. The first-order valence-electron chi connectivity index (χ1n) is 8.47. The van der Waals surface area contributed by atoms with Gasteiger partial charge >= 0.3 is 6.03 Å². The molecule has 6 heteroatoms.